The molecule has 1 aromatic heterocycles. The number of phenolic OH excluding ortho intramolecular Hbond substituents is 1. The zero-order valence-electron chi connectivity index (χ0n) is 12.2. The van der Waals surface area contributed by atoms with E-state index in [0.717, 1.165) is 40.8 Å². The van der Waals surface area contributed by atoms with Crippen LogP contribution < -0.4 is 0 Å². The Hall–Kier alpha value is -2.55. The molecule has 0 amide bonds. The van der Waals surface area contributed by atoms with Gasteiger partial charge in [0, 0.05) is 29.1 Å². The number of aromatic hydroxyl groups is 1. The first-order valence-corrected chi connectivity index (χ1v) is 7.68. The fourth-order valence-electron chi connectivity index (χ4n) is 3.16. The Morgan fingerprint density at radius 3 is 2.68 bits per heavy atom. The molecule has 0 saturated heterocycles. The SMILES string of the molecule is Oc1ccc2oc3c(c2c1C=Nc1ccccc1)CCCC3. The number of hydrogen-bond donors (Lipinski definition) is 1. The van der Waals surface area contributed by atoms with Crippen molar-refractivity contribution in [2.75, 3.05) is 0 Å². The first-order chi connectivity index (χ1) is 10.8. The number of fused-ring (bicyclic) bond motifs is 3. The van der Waals surface area contributed by atoms with Gasteiger partial charge < -0.3 is 9.52 Å². The largest absolute Gasteiger partial charge is 0.507 e. The van der Waals surface area contributed by atoms with Crippen molar-refractivity contribution in [2.24, 2.45) is 4.99 Å². The lowest BCUT2D eigenvalue weighted by atomic mass is 9.94. The van der Waals surface area contributed by atoms with Gasteiger partial charge >= 0.3 is 0 Å². The number of nitrogens with zero attached hydrogens (tertiary/aromatic N) is 1. The number of phenols is 1. The molecule has 0 unspecified atom stereocenters. The number of benzene rings is 2. The molecule has 3 heteroatoms. The smallest absolute Gasteiger partial charge is 0.135 e. The highest BCUT2D eigenvalue weighted by Crippen LogP contribution is 2.36. The van der Waals surface area contributed by atoms with Crippen LogP contribution in [0.15, 0.2) is 51.9 Å². The maximum Gasteiger partial charge on any atom is 0.135 e. The first-order valence-electron chi connectivity index (χ1n) is 7.68. The summed E-state index contributed by atoms with van der Waals surface area (Å²) in [6.07, 6.45) is 6.09. The lowest BCUT2D eigenvalue weighted by Crippen LogP contribution is -1.99. The van der Waals surface area contributed by atoms with Crippen molar-refractivity contribution in [1.82, 2.24) is 0 Å². The van der Waals surface area contributed by atoms with Gasteiger partial charge in [-0.2, -0.15) is 0 Å². The van der Waals surface area contributed by atoms with Gasteiger partial charge in [-0.05, 0) is 43.5 Å². The van der Waals surface area contributed by atoms with Gasteiger partial charge in [-0.15, -0.1) is 0 Å². The van der Waals surface area contributed by atoms with Crippen LogP contribution in [0.25, 0.3) is 11.0 Å². The number of para-hydroxylation sites is 1. The number of aryl methyl sites for hydroxylation is 2. The summed E-state index contributed by atoms with van der Waals surface area (Å²) in [7, 11) is 0. The summed E-state index contributed by atoms with van der Waals surface area (Å²) < 4.78 is 5.97. The van der Waals surface area contributed by atoms with Gasteiger partial charge in [0.05, 0.1) is 5.69 Å². The molecule has 0 fully saturated rings. The molecule has 0 saturated carbocycles. The van der Waals surface area contributed by atoms with Crippen LogP contribution in [0.4, 0.5) is 5.69 Å². The third-order valence-corrected chi connectivity index (χ3v) is 4.24. The van der Waals surface area contributed by atoms with Crippen LogP contribution in [0.5, 0.6) is 5.75 Å². The van der Waals surface area contributed by atoms with E-state index < -0.39 is 0 Å². The maximum atomic E-state index is 10.3. The van der Waals surface area contributed by atoms with Crippen LogP contribution in [-0.2, 0) is 12.8 Å². The van der Waals surface area contributed by atoms with Gasteiger partial charge in [-0.25, -0.2) is 0 Å². The molecule has 0 aliphatic heterocycles. The molecule has 0 atom stereocenters. The van der Waals surface area contributed by atoms with Gasteiger partial charge in [0.2, 0.25) is 0 Å². The van der Waals surface area contributed by atoms with Crippen LogP contribution in [0.2, 0.25) is 0 Å². The molecular weight excluding hydrogens is 274 g/mol. The van der Waals surface area contributed by atoms with Crippen molar-refractivity contribution in [3.05, 3.63) is 59.4 Å². The molecule has 4 rings (SSSR count). The van der Waals surface area contributed by atoms with Crippen LogP contribution in [0, 0.1) is 0 Å². The molecule has 3 nitrogen and oxygen atoms in total. The molecule has 1 aliphatic rings. The first kappa shape index (κ1) is 13.1. The molecule has 3 aromatic rings. The molecular formula is C19H17NO2. The fourth-order valence-corrected chi connectivity index (χ4v) is 3.16. The van der Waals surface area contributed by atoms with Gasteiger partial charge in [0.15, 0.2) is 0 Å². The number of rotatable bonds is 2. The van der Waals surface area contributed by atoms with Gasteiger partial charge in [0.25, 0.3) is 0 Å². The lowest BCUT2D eigenvalue weighted by molar-refractivity contribution is 0.474. The second kappa shape index (κ2) is 5.34. The van der Waals surface area contributed by atoms with Crippen LogP contribution in [0.3, 0.4) is 0 Å². The van der Waals surface area contributed by atoms with Crippen molar-refractivity contribution in [3.63, 3.8) is 0 Å². The van der Waals surface area contributed by atoms with E-state index in [-0.39, 0.29) is 5.75 Å². The third-order valence-electron chi connectivity index (χ3n) is 4.24. The molecule has 0 bridgehead atoms. The summed E-state index contributed by atoms with van der Waals surface area (Å²) in [5.41, 5.74) is 3.72. The van der Waals surface area contributed by atoms with Crippen molar-refractivity contribution in [2.45, 2.75) is 25.7 Å². The molecule has 0 spiro atoms. The predicted octanol–water partition coefficient (Wildman–Crippen LogP) is 4.77. The van der Waals surface area contributed by atoms with Crippen LogP contribution in [-0.4, -0.2) is 11.3 Å². The van der Waals surface area contributed by atoms with E-state index in [9.17, 15) is 5.11 Å². The van der Waals surface area contributed by atoms with Gasteiger partial charge in [-0.1, -0.05) is 18.2 Å². The van der Waals surface area contributed by atoms with Crippen LogP contribution >= 0.6 is 0 Å². The summed E-state index contributed by atoms with van der Waals surface area (Å²) in [6, 6.07) is 13.3. The van der Waals surface area contributed by atoms with E-state index in [2.05, 4.69) is 4.99 Å². The predicted molar refractivity (Wildman–Crippen MR) is 88.2 cm³/mol. The van der Waals surface area contributed by atoms with Crippen molar-refractivity contribution in [1.29, 1.82) is 0 Å². The number of aliphatic imine (C=N–C) groups is 1. The van der Waals surface area contributed by atoms with Gasteiger partial charge in [0.1, 0.15) is 17.1 Å². The molecule has 2 aromatic carbocycles. The Morgan fingerprint density at radius 1 is 1.00 bits per heavy atom. The number of hydrogen-bond acceptors (Lipinski definition) is 3. The molecule has 1 heterocycles. The van der Waals surface area contributed by atoms with Crippen molar-refractivity contribution >= 4 is 22.9 Å². The average Bonchev–Trinajstić information content (AvgIpc) is 2.94. The number of furan rings is 1. The molecule has 0 radical (unpaired) electrons. The Morgan fingerprint density at radius 2 is 1.82 bits per heavy atom. The highest BCUT2D eigenvalue weighted by atomic mass is 16.3. The Labute approximate surface area is 128 Å². The van der Waals surface area contributed by atoms with Crippen molar-refractivity contribution < 1.29 is 9.52 Å². The minimum absolute atomic E-state index is 0.251. The van der Waals surface area contributed by atoms with E-state index in [1.165, 1.54) is 18.4 Å². The second-order valence-electron chi connectivity index (χ2n) is 5.68. The van der Waals surface area contributed by atoms with E-state index >= 15 is 0 Å². The summed E-state index contributed by atoms with van der Waals surface area (Å²) in [5, 5.41) is 11.3. The second-order valence-corrected chi connectivity index (χ2v) is 5.68. The molecule has 1 aliphatic carbocycles. The molecule has 22 heavy (non-hydrogen) atoms. The standard InChI is InChI=1S/C19H17NO2/c21-16-10-11-18-19(14-8-4-5-9-17(14)22-18)15(16)12-20-13-6-2-1-3-7-13/h1-3,6-7,10-12,21H,4-5,8-9H2. The monoisotopic (exact) mass is 291 g/mol. The summed E-state index contributed by atoms with van der Waals surface area (Å²) in [4.78, 5) is 4.49. The Balaban J connectivity index is 1.87. The summed E-state index contributed by atoms with van der Waals surface area (Å²) in [6.45, 7) is 0. The van der Waals surface area contributed by atoms with E-state index in [0.29, 0.717) is 0 Å². The maximum absolute atomic E-state index is 10.3. The van der Waals surface area contributed by atoms with E-state index in [4.69, 9.17) is 4.42 Å². The highest BCUT2D eigenvalue weighted by Gasteiger charge is 2.21. The highest BCUT2D eigenvalue weighted by molar-refractivity contribution is 6.03. The minimum Gasteiger partial charge on any atom is -0.507 e. The zero-order valence-corrected chi connectivity index (χ0v) is 12.2. The van der Waals surface area contributed by atoms with E-state index in [1.807, 2.05) is 36.4 Å². The minimum atomic E-state index is 0.251. The van der Waals surface area contributed by atoms with E-state index in [1.54, 1.807) is 12.3 Å². The van der Waals surface area contributed by atoms with Crippen molar-refractivity contribution in [3.8, 4) is 5.75 Å². The van der Waals surface area contributed by atoms with Crippen LogP contribution in [0.1, 0.15) is 29.7 Å². The van der Waals surface area contributed by atoms with Gasteiger partial charge in [-0.3, -0.25) is 4.99 Å². The topological polar surface area (TPSA) is 45.7 Å². The average molecular weight is 291 g/mol. The summed E-state index contributed by atoms with van der Waals surface area (Å²) >= 11 is 0. The normalized spacial score (nSPS) is 14.5. The quantitative estimate of drug-likeness (QED) is 0.691. The summed E-state index contributed by atoms with van der Waals surface area (Å²) in [5.74, 6) is 1.32. The lowest BCUT2D eigenvalue weighted by Gasteiger charge is -2.09. The Bertz CT molecular complexity index is 847. The molecule has 110 valence electrons. The zero-order chi connectivity index (χ0) is 14.9. The molecule has 1 N–H and O–H groups in total. The third kappa shape index (κ3) is 2.19. The Kier molecular flexibility index (Phi) is 3.19. The fraction of sp³-hybridized carbons (Fsp3) is 0.211.